The molecule has 0 saturated carbocycles. The van der Waals surface area contributed by atoms with Gasteiger partial charge in [-0.2, -0.15) is 0 Å². The van der Waals surface area contributed by atoms with Gasteiger partial charge in [0.25, 0.3) is 5.91 Å². The number of rotatable bonds is 9. The predicted molar refractivity (Wildman–Crippen MR) is 130 cm³/mol. The first-order valence-corrected chi connectivity index (χ1v) is 10.8. The number of anilines is 2. The summed E-state index contributed by atoms with van der Waals surface area (Å²) in [4.78, 5) is 16.4. The second kappa shape index (κ2) is 11.1. The number of aromatic nitrogens is 1. The fourth-order valence-electron chi connectivity index (χ4n) is 3.26. The molecule has 0 aliphatic rings. The molecular formula is C27H31N3O. The maximum atomic E-state index is 12.4. The molecule has 0 aliphatic heterocycles. The molecule has 2 aromatic carbocycles. The van der Waals surface area contributed by atoms with Crippen molar-refractivity contribution in [2.24, 2.45) is 5.92 Å². The Balaban J connectivity index is 1.61. The molecule has 160 valence electrons. The first-order valence-electron chi connectivity index (χ1n) is 10.8. The second-order valence-corrected chi connectivity index (χ2v) is 8.18. The van der Waals surface area contributed by atoms with E-state index in [1.54, 1.807) is 12.4 Å². The van der Waals surface area contributed by atoms with Gasteiger partial charge in [0.15, 0.2) is 0 Å². The lowest BCUT2D eigenvalue weighted by molar-refractivity contribution is 0.0952. The molecule has 3 aromatic rings. The Morgan fingerprint density at radius 1 is 1.06 bits per heavy atom. The van der Waals surface area contributed by atoms with Gasteiger partial charge in [0.2, 0.25) is 0 Å². The van der Waals surface area contributed by atoms with Gasteiger partial charge in [0.1, 0.15) is 0 Å². The standard InChI is InChI=1S/C27H31N3O/c1-20(2)12-17-29-27(31)24-10-11-26(21(3)18-24)30-25-9-5-8-23(19-25)7-4-6-22-13-15-28-16-14-22/h4-6,8-11,13-16,18-20,30H,7,12,17H2,1-3H3,(H,29,31)/b6-4+. The minimum absolute atomic E-state index is 0.0155. The molecule has 3 rings (SSSR count). The van der Waals surface area contributed by atoms with Gasteiger partial charge >= 0.3 is 0 Å². The molecule has 31 heavy (non-hydrogen) atoms. The zero-order valence-electron chi connectivity index (χ0n) is 18.6. The van der Waals surface area contributed by atoms with E-state index in [4.69, 9.17) is 0 Å². The smallest absolute Gasteiger partial charge is 0.251 e. The average Bonchev–Trinajstić information content (AvgIpc) is 2.76. The van der Waals surface area contributed by atoms with Crippen molar-refractivity contribution in [1.82, 2.24) is 10.3 Å². The zero-order chi connectivity index (χ0) is 22.1. The highest BCUT2D eigenvalue weighted by atomic mass is 16.1. The quantitative estimate of drug-likeness (QED) is 0.441. The molecule has 1 aromatic heterocycles. The van der Waals surface area contributed by atoms with Gasteiger partial charge in [0, 0.05) is 35.9 Å². The lowest BCUT2D eigenvalue weighted by atomic mass is 10.1. The van der Waals surface area contributed by atoms with Crippen LogP contribution in [0.2, 0.25) is 0 Å². The number of hydrogen-bond acceptors (Lipinski definition) is 3. The molecule has 4 nitrogen and oxygen atoms in total. The Hall–Kier alpha value is -3.40. The molecule has 0 radical (unpaired) electrons. The third-order valence-electron chi connectivity index (χ3n) is 5.07. The molecular weight excluding hydrogens is 382 g/mol. The van der Waals surface area contributed by atoms with E-state index in [1.807, 2.05) is 37.3 Å². The van der Waals surface area contributed by atoms with Crippen molar-refractivity contribution >= 4 is 23.4 Å². The number of amides is 1. The third kappa shape index (κ3) is 7.10. The summed E-state index contributed by atoms with van der Waals surface area (Å²) >= 11 is 0. The van der Waals surface area contributed by atoms with Crippen molar-refractivity contribution in [2.45, 2.75) is 33.6 Å². The fourth-order valence-corrected chi connectivity index (χ4v) is 3.26. The maximum absolute atomic E-state index is 12.4. The fraction of sp³-hybridized carbons (Fsp3) is 0.259. The van der Waals surface area contributed by atoms with Crippen LogP contribution in [0.15, 0.2) is 73.1 Å². The molecule has 0 unspecified atom stereocenters. The maximum Gasteiger partial charge on any atom is 0.251 e. The third-order valence-corrected chi connectivity index (χ3v) is 5.07. The van der Waals surface area contributed by atoms with E-state index in [1.165, 1.54) is 5.56 Å². The summed E-state index contributed by atoms with van der Waals surface area (Å²) in [5, 5.41) is 6.48. The van der Waals surface area contributed by atoms with E-state index >= 15 is 0 Å². The normalized spacial score (nSPS) is 11.1. The number of nitrogens with one attached hydrogen (secondary N) is 2. The number of benzene rings is 2. The highest BCUT2D eigenvalue weighted by Gasteiger charge is 2.08. The van der Waals surface area contributed by atoms with Gasteiger partial charge in [-0.1, -0.05) is 38.1 Å². The van der Waals surface area contributed by atoms with Crippen LogP contribution in [-0.4, -0.2) is 17.4 Å². The Morgan fingerprint density at radius 3 is 2.61 bits per heavy atom. The molecule has 0 saturated heterocycles. The van der Waals surface area contributed by atoms with Gasteiger partial charge in [-0.05, 0) is 84.8 Å². The lowest BCUT2D eigenvalue weighted by Crippen LogP contribution is -2.25. The van der Waals surface area contributed by atoms with E-state index in [9.17, 15) is 4.79 Å². The first kappa shape index (κ1) is 22.3. The van der Waals surface area contributed by atoms with Crippen LogP contribution in [0, 0.1) is 12.8 Å². The van der Waals surface area contributed by atoms with Crippen molar-refractivity contribution in [3.8, 4) is 0 Å². The van der Waals surface area contributed by atoms with Crippen LogP contribution in [0.5, 0.6) is 0 Å². The van der Waals surface area contributed by atoms with Crippen LogP contribution in [-0.2, 0) is 6.42 Å². The van der Waals surface area contributed by atoms with Crippen LogP contribution in [0.1, 0.15) is 47.3 Å². The number of aryl methyl sites for hydroxylation is 1. The minimum Gasteiger partial charge on any atom is -0.355 e. The monoisotopic (exact) mass is 413 g/mol. The van der Waals surface area contributed by atoms with Gasteiger partial charge in [-0.25, -0.2) is 0 Å². The van der Waals surface area contributed by atoms with Crippen molar-refractivity contribution in [2.75, 3.05) is 11.9 Å². The van der Waals surface area contributed by atoms with Crippen molar-refractivity contribution < 1.29 is 4.79 Å². The Morgan fingerprint density at radius 2 is 1.87 bits per heavy atom. The molecule has 0 fully saturated rings. The number of carbonyl (C=O) groups is 1. The van der Waals surface area contributed by atoms with Gasteiger partial charge < -0.3 is 10.6 Å². The molecule has 4 heteroatoms. The summed E-state index contributed by atoms with van der Waals surface area (Å²) in [6.45, 7) is 7.04. The van der Waals surface area contributed by atoms with Gasteiger partial charge in [0.05, 0.1) is 0 Å². The van der Waals surface area contributed by atoms with Crippen LogP contribution in [0.25, 0.3) is 6.08 Å². The summed E-state index contributed by atoms with van der Waals surface area (Å²) in [5.41, 5.74) is 6.15. The molecule has 0 spiro atoms. The second-order valence-electron chi connectivity index (χ2n) is 8.18. The van der Waals surface area contributed by atoms with Crippen LogP contribution in [0.4, 0.5) is 11.4 Å². The summed E-state index contributed by atoms with van der Waals surface area (Å²) in [7, 11) is 0. The van der Waals surface area contributed by atoms with Gasteiger partial charge in [-0.15, -0.1) is 0 Å². The molecule has 1 amide bonds. The Kier molecular flexibility index (Phi) is 7.99. The molecule has 2 N–H and O–H groups in total. The number of allylic oxidation sites excluding steroid dienone is 1. The summed E-state index contributed by atoms with van der Waals surface area (Å²) in [5.74, 6) is 0.564. The Labute approximate surface area is 185 Å². The molecule has 0 aliphatic carbocycles. The van der Waals surface area contributed by atoms with E-state index in [2.05, 4.69) is 65.9 Å². The topological polar surface area (TPSA) is 54.0 Å². The predicted octanol–water partition coefficient (Wildman–Crippen LogP) is 6.17. The van der Waals surface area contributed by atoms with Crippen LogP contribution >= 0.6 is 0 Å². The van der Waals surface area contributed by atoms with E-state index in [0.717, 1.165) is 35.3 Å². The molecule has 0 bridgehead atoms. The zero-order valence-corrected chi connectivity index (χ0v) is 18.6. The van der Waals surface area contributed by atoms with Crippen LogP contribution in [0.3, 0.4) is 0 Å². The van der Waals surface area contributed by atoms with Crippen molar-refractivity contribution in [1.29, 1.82) is 0 Å². The SMILES string of the molecule is Cc1cc(C(=O)NCCC(C)C)ccc1Nc1cccc(C/C=C/c2ccncc2)c1. The van der Waals surface area contributed by atoms with E-state index in [0.29, 0.717) is 18.0 Å². The molecule has 1 heterocycles. The van der Waals surface area contributed by atoms with E-state index < -0.39 is 0 Å². The lowest BCUT2D eigenvalue weighted by Gasteiger charge is -2.13. The molecule has 0 atom stereocenters. The summed E-state index contributed by atoms with van der Waals surface area (Å²) in [6.07, 6.45) is 9.70. The number of hydrogen-bond donors (Lipinski definition) is 2. The highest BCUT2D eigenvalue weighted by molar-refractivity contribution is 5.95. The van der Waals surface area contributed by atoms with Gasteiger partial charge in [-0.3, -0.25) is 9.78 Å². The van der Waals surface area contributed by atoms with E-state index in [-0.39, 0.29) is 5.91 Å². The van der Waals surface area contributed by atoms with Crippen molar-refractivity contribution in [3.63, 3.8) is 0 Å². The minimum atomic E-state index is -0.0155. The number of carbonyl (C=O) groups excluding carboxylic acids is 1. The summed E-state index contributed by atoms with van der Waals surface area (Å²) < 4.78 is 0. The summed E-state index contributed by atoms with van der Waals surface area (Å²) in [6, 6.07) is 18.2. The highest BCUT2D eigenvalue weighted by Crippen LogP contribution is 2.23. The number of nitrogens with zero attached hydrogens (tertiary/aromatic N) is 1. The average molecular weight is 414 g/mol. The van der Waals surface area contributed by atoms with Crippen molar-refractivity contribution in [3.05, 3.63) is 95.3 Å². The first-order chi connectivity index (χ1) is 15.0. The van der Waals surface area contributed by atoms with Crippen LogP contribution < -0.4 is 10.6 Å². The Bertz CT molecular complexity index is 1030. The number of pyridine rings is 1. The largest absolute Gasteiger partial charge is 0.355 e.